The molecular formula is C18H24N2O4. The largest absolute Gasteiger partial charge is 0.466 e. The molecule has 1 aliphatic rings. The Kier molecular flexibility index (Phi) is 6.35. The third-order valence-corrected chi connectivity index (χ3v) is 4.04. The SMILES string of the molecule is CCOC(=O)C1CCCN(C(=O)c2cccc(NC(=O)CC)c2)C1. The maximum atomic E-state index is 12.7. The van der Waals surface area contributed by atoms with Crippen LogP contribution in [-0.4, -0.2) is 42.4 Å². The van der Waals surface area contributed by atoms with Crippen LogP contribution in [0.1, 0.15) is 43.5 Å². The Balaban J connectivity index is 2.06. The van der Waals surface area contributed by atoms with Gasteiger partial charge < -0.3 is 15.0 Å². The molecule has 0 aromatic heterocycles. The molecule has 130 valence electrons. The summed E-state index contributed by atoms with van der Waals surface area (Å²) in [6.45, 7) is 4.90. The van der Waals surface area contributed by atoms with E-state index in [4.69, 9.17) is 4.74 Å². The lowest BCUT2D eigenvalue weighted by Gasteiger charge is -2.31. The number of benzene rings is 1. The molecule has 1 N–H and O–H groups in total. The second kappa shape index (κ2) is 8.47. The maximum Gasteiger partial charge on any atom is 0.310 e. The molecule has 1 fully saturated rings. The molecule has 1 atom stereocenters. The molecule has 1 aromatic rings. The summed E-state index contributed by atoms with van der Waals surface area (Å²) >= 11 is 0. The molecule has 2 amide bonds. The summed E-state index contributed by atoms with van der Waals surface area (Å²) in [4.78, 5) is 37.8. The molecule has 24 heavy (non-hydrogen) atoms. The molecule has 1 saturated heterocycles. The zero-order chi connectivity index (χ0) is 17.5. The summed E-state index contributed by atoms with van der Waals surface area (Å²) in [5, 5.41) is 2.75. The standard InChI is InChI=1S/C18H24N2O4/c1-3-16(21)19-15-9-5-7-13(11-15)17(22)20-10-6-8-14(12-20)18(23)24-4-2/h5,7,9,11,14H,3-4,6,8,10,12H2,1-2H3,(H,19,21). The quantitative estimate of drug-likeness (QED) is 0.840. The molecule has 2 rings (SSSR count). The maximum absolute atomic E-state index is 12.7. The lowest BCUT2D eigenvalue weighted by atomic mass is 9.97. The van der Waals surface area contributed by atoms with E-state index < -0.39 is 0 Å². The van der Waals surface area contributed by atoms with Gasteiger partial charge in [-0.1, -0.05) is 13.0 Å². The number of carbonyl (C=O) groups is 3. The van der Waals surface area contributed by atoms with Gasteiger partial charge in [-0.3, -0.25) is 14.4 Å². The topological polar surface area (TPSA) is 75.7 Å². The average Bonchev–Trinajstić information content (AvgIpc) is 2.61. The molecule has 1 aliphatic heterocycles. The van der Waals surface area contributed by atoms with Crippen LogP contribution in [0.15, 0.2) is 24.3 Å². The molecule has 0 radical (unpaired) electrons. The van der Waals surface area contributed by atoms with Gasteiger partial charge in [0, 0.05) is 30.8 Å². The van der Waals surface area contributed by atoms with Gasteiger partial charge in [0.05, 0.1) is 12.5 Å². The number of hydrogen-bond donors (Lipinski definition) is 1. The molecule has 0 aliphatic carbocycles. The van der Waals surface area contributed by atoms with Gasteiger partial charge >= 0.3 is 5.97 Å². The number of rotatable bonds is 5. The van der Waals surface area contributed by atoms with Crippen molar-refractivity contribution in [2.45, 2.75) is 33.1 Å². The molecule has 1 heterocycles. The van der Waals surface area contributed by atoms with E-state index in [0.29, 0.717) is 37.4 Å². The molecular weight excluding hydrogens is 308 g/mol. The highest BCUT2D eigenvalue weighted by Gasteiger charge is 2.29. The zero-order valence-electron chi connectivity index (χ0n) is 14.2. The highest BCUT2D eigenvalue weighted by molar-refractivity contribution is 5.97. The first-order valence-electron chi connectivity index (χ1n) is 8.41. The van der Waals surface area contributed by atoms with Crippen molar-refractivity contribution in [1.82, 2.24) is 4.90 Å². The van der Waals surface area contributed by atoms with Crippen LogP contribution < -0.4 is 5.32 Å². The van der Waals surface area contributed by atoms with Crippen LogP contribution in [0.5, 0.6) is 0 Å². The third kappa shape index (κ3) is 4.57. The van der Waals surface area contributed by atoms with Gasteiger partial charge in [-0.15, -0.1) is 0 Å². The second-order valence-electron chi connectivity index (χ2n) is 5.82. The monoisotopic (exact) mass is 332 g/mol. The van der Waals surface area contributed by atoms with E-state index in [1.165, 1.54) is 0 Å². The van der Waals surface area contributed by atoms with E-state index in [2.05, 4.69) is 5.32 Å². The summed E-state index contributed by atoms with van der Waals surface area (Å²) in [6.07, 6.45) is 1.90. The van der Waals surface area contributed by atoms with Crippen LogP contribution in [0.2, 0.25) is 0 Å². The van der Waals surface area contributed by atoms with Crippen LogP contribution in [0, 0.1) is 5.92 Å². The predicted octanol–water partition coefficient (Wildman–Crippen LogP) is 2.45. The van der Waals surface area contributed by atoms with Crippen molar-refractivity contribution in [2.75, 3.05) is 25.0 Å². The summed E-state index contributed by atoms with van der Waals surface area (Å²) < 4.78 is 5.07. The average molecular weight is 332 g/mol. The second-order valence-corrected chi connectivity index (χ2v) is 5.82. The number of nitrogens with one attached hydrogen (secondary N) is 1. The molecule has 6 nitrogen and oxygen atoms in total. The van der Waals surface area contributed by atoms with E-state index >= 15 is 0 Å². The number of likely N-dealkylation sites (tertiary alicyclic amines) is 1. The highest BCUT2D eigenvalue weighted by atomic mass is 16.5. The smallest absolute Gasteiger partial charge is 0.310 e. The van der Waals surface area contributed by atoms with E-state index in [-0.39, 0.29) is 23.7 Å². The first-order valence-corrected chi connectivity index (χ1v) is 8.41. The van der Waals surface area contributed by atoms with Crippen molar-refractivity contribution >= 4 is 23.5 Å². The number of anilines is 1. The van der Waals surface area contributed by atoms with Crippen LogP contribution >= 0.6 is 0 Å². The minimum atomic E-state index is -0.259. The van der Waals surface area contributed by atoms with Crippen molar-refractivity contribution in [3.63, 3.8) is 0 Å². The van der Waals surface area contributed by atoms with E-state index in [1.54, 1.807) is 43.0 Å². The summed E-state index contributed by atoms with van der Waals surface area (Å²) in [7, 11) is 0. The Bertz CT molecular complexity index is 615. The van der Waals surface area contributed by atoms with Gasteiger partial charge in [-0.05, 0) is 38.0 Å². The number of hydrogen-bond acceptors (Lipinski definition) is 4. The Labute approximate surface area is 142 Å². The van der Waals surface area contributed by atoms with Gasteiger partial charge in [0.25, 0.3) is 5.91 Å². The number of piperidine rings is 1. The van der Waals surface area contributed by atoms with Crippen molar-refractivity contribution in [2.24, 2.45) is 5.92 Å². The molecule has 0 bridgehead atoms. The van der Waals surface area contributed by atoms with Gasteiger partial charge in [-0.2, -0.15) is 0 Å². The molecule has 1 unspecified atom stereocenters. The molecule has 0 saturated carbocycles. The van der Waals surface area contributed by atoms with Crippen LogP contribution in [-0.2, 0) is 14.3 Å². The van der Waals surface area contributed by atoms with E-state index in [1.807, 2.05) is 0 Å². The Morgan fingerprint density at radius 3 is 2.79 bits per heavy atom. The highest BCUT2D eigenvalue weighted by Crippen LogP contribution is 2.21. The normalized spacial score (nSPS) is 17.2. The summed E-state index contributed by atoms with van der Waals surface area (Å²) in [6, 6.07) is 6.88. The predicted molar refractivity (Wildman–Crippen MR) is 90.6 cm³/mol. The number of ether oxygens (including phenoxy) is 1. The number of carbonyl (C=O) groups excluding carboxylic acids is 3. The minimum Gasteiger partial charge on any atom is -0.466 e. The van der Waals surface area contributed by atoms with Crippen molar-refractivity contribution in [3.05, 3.63) is 29.8 Å². The number of amides is 2. The van der Waals surface area contributed by atoms with Gasteiger partial charge in [0.1, 0.15) is 0 Å². The van der Waals surface area contributed by atoms with Crippen LogP contribution in [0.3, 0.4) is 0 Å². The van der Waals surface area contributed by atoms with Crippen molar-refractivity contribution in [1.29, 1.82) is 0 Å². The van der Waals surface area contributed by atoms with Crippen molar-refractivity contribution < 1.29 is 19.1 Å². The van der Waals surface area contributed by atoms with Gasteiger partial charge in [0.2, 0.25) is 5.91 Å². The Morgan fingerprint density at radius 2 is 2.08 bits per heavy atom. The fourth-order valence-corrected chi connectivity index (χ4v) is 2.78. The number of esters is 1. The van der Waals surface area contributed by atoms with Crippen LogP contribution in [0.25, 0.3) is 0 Å². The third-order valence-electron chi connectivity index (χ3n) is 4.04. The summed E-state index contributed by atoms with van der Waals surface area (Å²) in [5.41, 5.74) is 1.11. The fraction of sp³-hybridized carbons (Fsp3) is 0.500. The zero-order valence-corrected chi connectivity index (χ0v) is 14.2. The van der Waals surface area contributed by atoms with E-state index in [0.717, 1.165) is 12.8 Å². The van der Waals surface area contributed by atoms with Gasteiger partial charge in [-0.25, -0.2) is 0 Å². The first-order chi connectivity index (χ1) is 11.5. The van der Waals surface area contributed by atoms with Crippen LogP contribution in [0.4, 0.5) is 5.69 Å². The number of nitrogens with zero attached hydrogens (tertiary/aromatic N) is 1. The molecule has 1 aromatic carbocycles. The molecule has 0 spiro atoms. The summed E-state index contributed by atoms with van der Waals surface area (Å²) in [5.74, 6) is -0.721. The minimum absolute atomic E-state index is 0.0973. The lowest BCUT2D eigenvalue weighted by Crippen LogP contribution is -2.42. The van der Waals surface area contributed by atoms with E-state index in [9.17, 15) is 14.4 Å². The lowest BCUT2D eigenvalue weighted by molar-refractivity contribution is -0.149. The van der Waals surface area contributed by atoms with Crippen molar-refractivity contribution in [3.8, 4) is 0 Å². The Morgan fingerprint density at radius 1 is 1.29 bits per heavy atom. The molecule has 6 heteroatoms. The van der Waals surface area contributed by atoms with Gasteiger partial charge in [0.15, 0.2) is 0 Å². The fourth-order valence-electron chi connectivity index (χ4n) is 2.78. The Hall–Kier alpha value is -2.37. The first kappa shape index (κ1) is 18.0.